The van der Waals surface area contributed by atoms with Gasteiger partial charge in [0.05, 0.1) is 10.2 Å². The van der Waals surface area contributed by atoms with Crippen molar-refractivity contribution >= 4 is 38.4 Å². The Bertz CT molecular complexity index is 1150. The van der Waals surface area contributed by atoms with Crippen LogP contribution in [0.25, 0.3) is 21.6 Å². The maximum atomic E-state index is 12.4. The number of aryl methyl sites for hydroxylation is 1. The number of hydrogen-bond acceptors (Lipinski definition) is 5. The van der Waals surface area contributed by atoms with E-state index < -0.39 is 0 Å². The lowest BCUT2D eigenvalue weighted by Gasteiger charge is -2.11. The van der Waals surface area contributed by atoms with Gasteiger partial charge in [-0.05, 0) is 44.5 Å². The predicted molar refractivity (Wildman–Crippen MR) is 113 cm³/mol. The van der Waals surface area contributed by atoms with Crippen LogP contribution in [0.5, 0.6) is 0 Å². The number of amides is 2. The lowest BCUT2D eigenvalue weighted by atomic mass is 10.2. The van der Waals surface area contributed by atoms with Gasteiger partial charge in [0.2, 0.25) is 0 Å². The summed E-state index contributed by atoms with van der Waals surface area (Å²) >= 11 is 1.46. The van der Waals surface area contributed by atoms with Gasteiger partial charge in [-0.2, -0.15) is 0 Å². The number of fused-ring (bicyclic) bond motifs is 1. The van der Waals surface area contributed by atoms with Gasteiger partial charge in [0, 0.05) is 17.3 Å². The quantitative estimate of drug-likeness (QED) is 0.507. The highest BCUT2D eigenvalue weighted by atomic mass is 32.1. The van der Waals surface area contributed by atoms with Gasteiger partial charge in [0.25, 0.3) is 0 Å². The summed E-state index contributed by atoms with van der Waals surface area (Å²) in [4.78, 5) is 16.9. The highest BCUT2D eigenvalue weighted by molar-refractivity contribution is 7.22. The van der Waals surface area contributed by atoms with Crippen LogP contribution in [0.3, 0.4) is 0 Å². The first kappa shape index (κ1) is 18.1. The van der Waals surface area contributed by atoms with Crippen LogP contribution in [0.2, 0.25) is 0 Å². The Morgan fingerprint density at radius 2 is 1.96 bits per heavy atom. The maximum Gasteiger partial charge on any atom is 0.325 e. The first-order chi connectivity index (χ1) is 13.5. The number of aromatic nitrogens is 4. The van der Waals surface area contributed by atoms with Crippen LogP contribution in [0.15, 0.2) is 48.8 Å². The molecule has 0 fully saturated rings. The van der Waals surface area contributed by atoms with Crippen LogP contribution in [-0.2, 0) is 0 Å². The average molecular weight is 392 g/mol. The van der Waals surface area contributed by atoms with Gasteiger partial charge in [-0.25, -0.2) is 9.78 Å². The Morgan fingerprint density at radius 1 is 1.14 bits per heavy atom. The van der Waals surface area contributed by atoms with Gasteiger partial charge in [-0.1, -0.05) is 35.6 Å². The summed E-state index contributed by atoms with van der Waals surface area (Å²) in [7, 11) is 0. The van der Waals surface area contributed by atoms with E-state index >= 15 is 0 Å². The molecule has 8 heteroatoms. The van der Waals surface area contributed by atoms with E-state index in [9.17, 15) is 4.79 Å². The summed E-state index contributed by atoms with van der Waals surface area (Å²) in [6, 6.07) is 13.4. The summed E-state index contributed by atoms with van der Waals surface area (Å²) in [6.45, 7) is 6.18. The van der Waals surface area contributed by atoms with E-state index in [4.69, 9.17) is 0 Å². The van der Waals surface area contributed by atoms with Gasteiger partial charge in [0.1, 0.15) is 6.33 Å². The number of carbonyl (C=O) groups is 1. The molecule has 7 nitrogen and oxygen atoms in total. The second kappa shape index (κ2) is 7.40. The number of urea groups is 1. The van der Waals surface area contributed by atoms with Crippen LogP contribution < -0.4 is 10.6 Å². The summed E-state index contributed by atoms with van der Waals surface area (Å²) in [5, 5.41) is 14.4. The molecule has 4 rings (SSSR count). The third-order valence-electron chi connectivity index (χ3n) is 4.34. The topological polar surface area (TPSA) is 84.7 Å². The number of nitrogens with one attached hydrogen (secondary N) is 2. The number of nitrogens with zero attached hydrogens (tertiary/aromatic N) is 4. The van der Waals surface area contributed by atoms with Gasteiger partial charge >= 0.3 is 6.03 Å². The van der Waals surface area contributed by atoms with Gasteiger partial charge < -0.3 is 9.88 Å². The van der Waals surface area contributed by atoms with E-state index in [1.54, 1.807) is 6.33 Å². The van der Waals surface area contributed by atoms with Crippen molar-refractivity contribution in [1.82, 2.24) is 19.7 Å². The van der Waals surface area contributed by atoms with Crippen LogP contribution in [0, 0.1) is 6.92 Å². The Labute approximate surface area is 166 Å². The fourth-order valence-corrected chi connectivity index (χ4v) is 3.89. The van der Waals surface area contributed by atoms with Crippen molar-refractivity contribution in [3.63, 3.8) is 0 Å². The Kier molecular flexibility index (Phi) is 4.79. The Morgan fingerprint density at radius 3 is 2.75 bits per heavy atom. The number of benzene rings is 2. The van der Waals surface area contributed by atoms with Gasteiger partial charge in [-0.15, -0.1) is 10.2 Å². The molecule has 0 radical (unpaired) electrons. The van der Waals surface area contributed by atoms with Crippen molar-refractivity contribution in [3.8, 4) is 11.4 Å². The highest BCUT2D eigenvalue weighted by Gasteiger charge is 2.12. The van der Waals surface area contributed by atoms with Crippen LogP contribution >= 0.6 is 11.3 Å². The molecule has 0 bridgehead atoms. The molecule has 2 heterocycles. The number of thiazole rings is 1. The zero-order valence-corrected chi connectivity index (χ0v) is 16.6. The first-order valence-electron chi connectivity index (χ1n) is 8.95. The van der Waals surface area contributed by atoms with E-state index in [1.165, 1.54) is 11.3 Å². The van der Waals surface area contributed by atoms with Crippen LogP contribution in [0.1, 0.15) is 25.5 Å². The molecule has 2 aromatic carbocycles. The van der Waals surface area contributed by atoms with Crippen molar-refractivity contribution in [1.29, 1.82) is 0 Å². The van der Waals surface area contributed by atoms with E-state index in [0.717, 1.165) is 27.2 Å². The highest BCUT2D eigenvalue weighted by Crippen LogP contribution is 2.29. The lowest BCUT2D eigenvalue weighted by molar-refractivity contribution is 0.262. The van der Waals surface area contributed by atoms with E-state index in [0.29, 0.717) is 10.8 Å². The molecule has 4 aromatic rings. The molecule has 0 aliphatic heterocycles. The number of hydrogen-bond donors (Lipinski definition) is 2. The predicted octanol–water partition coefficient (Wildman–Crippen LogP) is 5.09. The molecule has 2 aromatic heterocycles. The molecule has 142 valence electrons. The second-order valence-corrected chi connectivity index (χ2v) is 7.76. The molecule has 0 saturated carbocycles. The van der Waals surface area contributed by atoms with Gasteiger partial charge in [-0.3, -0.25) is 5.32 Å². The van der Waals surface area contributed by atoms with Crippen LogP contribution in [-0.4, -0.2) is 25.8 Å². The summed E-state index contributed by atoms with van der Waals surface area (Å²) in [6.07, 6.45) is 1.71. The summed E-state index contributed by atoms with van der Waals surface area (Å²) < 4.78 is 3.07. The van der Waals surface area contributed by atoms with Crippen molar-refractivity contribution < 1.29 is 4.79 Å². The SMILES string of the molecule is Cc1cccc2nc(NC(=O)Nc3cccc(-c4nncn4C(C)C)c3)sc12. The largest absolute Gasteiger partial charge is 0.325 e. The maximum absolute atomic E-state index is 12.4. The van der Waals surface area contributed by atoms with Crippen molar-refractivity contribution in [3.05, 3.63) is 54.4 Å². The standard InChI is InChI=1S/C20H20N6OS/c1-12(2)26-11-21-25-18(26)14-7-5-8-15(10-14)22-19(27)24-20-23-16-9-4-6-13(3)17(16)28-20/h4-12H,1-3H3,(H2,22,23,24,27). The zero-order chi connectivity index (χ0) is 19.7. The van der Waals surface area contributed by atoms with Crippen molar-refractivity contribution in [2.45, 2.75) is 26.8 Å². The van der Waals surface area contributed by atoms with E-state index in [2.05, 4.69) is 39.7 Å². The third-order valence-corrected chi connectivity index (χ3v) is 5.46. The molecule has 0 aliphatic rings. The minimum absolute atomic E-state index is 0.243. The lowest BCUT2D eigenvalue weighted by Crippen LogP contribution is -2.19. The Balaban J connectivity index is 1.51. The number of rotatable bonds is 4. The molecule has 28 heavy (non-hydrogen) atoms. The van der Waals surface area contributed by atoms with Crippen molar-refractivity contribution in [2.75, 3.05) is 10.6 Å². The zero-order valence-electron chi connectivity index (χ0n) is 15.8. The number of anilines is 2. The smallest absolute Gasteiger partial charge is 0.311 e. The molecular weight excluding hydrogens is 372 g/mol. The molecule has 0 spiro atoms. The molecule has 2 amide bonds. The van der Waals surface area contributed by atoms with E-state index in [1.807, 2.05) is 54.0 Å². The third kappa shape index (κ3) is 3.59. The van der Waals surface area contributed by atoms with E-state index in [-0.39, 0.29) is 12.1 Å². The monoisotopic (exact) mass is 392 g/mol. The Hall–Kier alpha value is -3.26. The first-order valence-corrected chi connectivity index (χ1v) is 9.77. The molecule has 2 N–H and O–H groups in total. The minimum atomic E-state index is -0.334. The summed E-state index contributed by atoms with van der Waals surface area (Å²) in [5.41, 5.74) is 3.59. The molecule has 0 saturated heterocycles. The average Bonchev–Trinajstić information content (AvgIpc) is 3.29. The molecule has 0 unspecified atom stereocenters. The van der Waals surface area contributed by atoms with Crippen molar-refractivity contribution in [2.24, 2.45) is 0 Å². The number of carbonyl (C=O) groups excluding carboxylic acids is 1. The molecule has 0 aliphatic carbocycles. The minimum Gasteiger partial charge on any atom is -0.311 e. The summed E-state index contributed by atoms with van der Waals surface area (Å²) in [5.74, 6) is 0.765. The molecular formula is C20H20N6OS. The van der Waals surface area contributed by atoms with Gasteiger partial charge in [0.15, 0.2) is 11.0 Å². The fraction of sp³-hybridized carbons (Fsp3) is 0.200. The molecule has 0 atom stereocenters. The second-order valence-electron chi connectivity index (χ2n) is 6.76. The fourth-order valence-electron chi connectivity index (χ4n) is 2.96. The van der Waals surface area contributed by atoms with Crippen LogP contribution in [0.4, 0.5) is 15.6 Å². The normalized spacial score (nSPS) is 11.1.